The van der Waals surface area contributed by atoms with Crippen LogP contribution >= 0.6 is 7.60 Å². The number of rotatable bonds is 12. The molecule has 4 nitrogen and oxygen atoms in total. The van der Waals surface area contributed by atoms with Crippen LogP contribution < -0.4 is 0 Å². The van der Waals surface area contributed by atoms with Gasteiger partial charge in [0.1, 0.15) is 0 Å². The summed E-state index contributed by atoms with van der Waals surface area (Å²) in [6.45, 7) is 2.22. The normalized spacial score (nSPS) is 14.0. The molecule has 0 heterocycles. The second kappa shape index (κ2) is 10.8. The van der Waals surface area contributed by atoms with E-state index in [2.05, 4.69) is 11.8 Å². The van der Waals surface area contributed by atoms with E-state index in [0.29, 0.717) is 12.5 Å². The van der Waals surface area contributed by atoms with Crippen LogP contribution in [0, 0.1) is 0 Å². The topological polar surface area (TPSA) is 60.8 Å². The highest BCUT2D eigenvalue weighted by Gasteiger charge is 2.18. The van der Waals surface area contributed by atoms with Crippen molar-refractivity contribution >= 4 is 7.60 Å². The molecule has 0 amide bonds. The minimum atomic E-state index is -3.84. The number of nitrogens with zero attached hydrogens (tertiary/aromatic N) is 1. The highest BCUT2D eigenvalue weighted by molar-refractivity contribution is 7.51. The van der Waals surface area contributed by atoms with E-state index in [1.807, 2.05) is 14.1 Å². The van der Waals surface area contributed by atoms with Crippen LogP contribution in [0.1, 0.15) is 64.7 Å². The van der Waals surface area contributed by atoms with E-state index in [4.69, 9.17) is 9.79 Å². The average Bonchev–Trinajstić information content (AvgIpc) is 2.30. The van der Waals surface area contributed by atoms with E-state index in [1.54, 1.807) is 0 Å². The van der Waals surface area contributed by atoms with Crippen LogP contribution in [0.5, 0.6) is 0 Å². The van der Waals surface area contributed by atoms with Gasteiger partial charge in [0.25, 0.3) is 0 Å². The summed E-state index contributed by atoms with van der Waals surface area (Å²) in [4.78, 5) is 20.0. The molecule has 0 aromatic rings. The molecule has 0 aliphatic rings. The molecule has 19 heavy (non-hydrogen) atoms. The van der Waals surface area contributed by atoms with Gasteiger partial charge in [-0.1, -0.05) is 51.9 Å². The van der Waals surface area contributed by atoms with Crippen molar-refractivity contribution in [3.8, 4) is 0 Å². The lowest BCUT2D eigenvalue weighted by molar-refractivity contribution is 0.260. The van der Waals surface area contributed by atoms with Gasteiger partial charge in [-0.15, -0.1) is 0 Å². The van der Waals surface area contributed by atoms with E-state index in [1.165, 1.54) is 38.5 Å². The van der Waals surface area contributed by atoms with Gasteiger partial charge in [0.15, 0.2) is 0 Å². The second-order valence-electron chi connectivity index (χ2n) is 5.70. The van der Waals surface area contributed by atoms with Crippen LogP contribution in [-0.2, 0) is 4.57 Å². The van der Waals surface area contributed by atoms with Gasteiger partial charge < -0.3 is 14.7 Å². The zero-order chi connectivity index (χ0) is 14.7. The lowest BCUT2D eigenvalue weighted by Gasteiger charge is -2.24. The van der Waals surface area contributed by atoms with Gasteiger partial charge in [0.2, 0.25) is 0 Å². The molecule has 0 aliphatic carbocycles. The molecule has 0 aliphatic heterocycles. The van der Waals surface area contributed by atoms with Gasteiger partial charge in [-0.3, -0.25) is 4.57 Å². The first-order valence-electron chi connectivity index (χ1n) is 7.58. The van der Waals surface area contributed by atoms with Gasteiger partial charge in [-0.05, 0) is 26.9 Å². The van der Waals surface area contributed by atoms with Crippen molar-refractivity contribution in [2.24, 2.45) is 0 Å². The third kappa shape index (κ3) is 12.9. The smallest absolute Gasteiger partial charge is 0.324 e. The van der Waals surface area contributed by atoms with E-state index in [9.17, 15) is 4.57 Å². The first-order valence-corrected chi connectivity index (χ1v) is 9.37. The van der Waals surface area contributed by atoms with Gasteiger partial charge in [0, 0.05) is 6.04 Å². The SMILES string of the molecule is CCCCCCCCCC(CCP(=O)(O)O)N(C)C. The van der Waals surface area contributed by atoms with Gasteiger partial charge >= 0.3 is 7.60 Å². The van der Waals surface area contributed by atoms with Gasteiger partial charge in [-0.2, -0.15) is 0 Å². The third-order valence-electron chi connectivity index (χ3n) is 3.62. The Balaban J connectivity index is 3.69. The lowest BCUT2D eigenvalue weighted by atomic mass is 10.0. The number of hydrogen-bond donors (Lipinski definition) is 2. The maximum absolute atomic E-state index is 10.9. The zero-order valence-corrected chi connectivity index (χ0v) is 13.7. The predicted molar refractivity (Wildman–Crippen MR) is 81.6 cm³/mol. The monoisotopic (exact) mass is 293 g/mol. The Morgan fingerprint density at radius 1 is 0.947 bits per heavy atom. The largest absolute Gasteiger partial charge is 0.325 e. The first kappa shape index (κ1) is 19.1. The number of unbranched alkanes of at least 4 members (excludes halogenated alkanes) is 6. The Kier molecular flexibility index (Phi) is 10.9. The first-order chi connectivity index (χ1) is 8.87. The molecular formula is C14H32NO3P. The van der Waals surface area contributed by atoms with Crippen molar-refractivity contribution < 1.29 is 14.4 Å². The molecule has 0 radical (unpaired) electrons. The molecule has 0 saturated carbocycles. The van der Waals surface area contributed by atoms with E-state index >= 15 is 0 Å². The minimum Gasteiger partial charge on any atom is -0.324 e. The molecule has 0 bridgehead atoms. The summed E-state index contributed by atoms with van der Waals surface area (Å²) in [5.41, 5.74) is 0. The van der Waals surface area contributed by atoms with Crippen LogP contribution in [0.25, 0.3) is 0 Å². The summed E-state index contributed by atoms with van der Waals surface area (Å²) in [5.74, 6) is 0. The fraction of sp³-hybridized carbons (Fsp3) is 1.00. The summed E-state index contributed by atoms with van der Waals surface area (Å²) in [6.07, 6.45) is 10.6. The van der Waals surface area contributed by atoms with Gasteiger partial charge in [-0.25, -0.2) is 0 Å². The fourth-order valence-corrected chi connectivity index (χ4v) is 2.95. The van der Waals surface area contributed by atoms with Crippen LogP contribution in [0.15, 0.2) is 0 Å². The minimum absolute atomic E-state index is 0.00630. The Labute approximate surface area is 118 Å². The van der Waals surface area contributed by atoms with Crippen molar-refractivity contribution in [1.29, 1.82) is 0 Å². The molecule has 116 valence electrons. The highest BCUT2D eigenvalue weighted by Crippen LogP contribution is 2.36. The molecule has 0 aromatic carbocycles. The van der Waals surface area contributed by atoms with Crippen molar-refractivity contribution in [2.75, 3.05) is 20.3 Å². The molecule has 1 unspecified atom stereocenters. The molecule has 0 rings (SSSR count). The lowest BCUT2D eigenvalue weighted by Crippen LogP contribution is -2.28. The fourth-order valence-electron chi connectivity index (χ4n) is 2.32. The summed E-state index contributed by atoms with van der Waals surface area (Å²) in [5, 5.41) is 0. The zero-order valence-electron chi connectivity index (χ0n) is 12.8. The molecule has 0 aromatic heterocycles. The third-order valence-corrected chi connectivity index (χ3v) is 4.47. The van der Waals surface area contributed by atoms with Crippen molar-refractivity contribution in [3.05, 3.63) is 0 Å². The van der Waals surface area contributed by atoms with Crippen molar-refractivity contribution in [1.82, 2.24) is 4.90 Å². The van der Waals surface area contributed by atoms with Crippen molar-refractivity contribution in [3.63, 3.8) is 0 Å². The highest BCUT2D eigenvalue weighted by atomic mass is 31.2. The quantitative estimate of drug-likeness (QED) is 0.426. The Morgan fingerprint density at radius 3 is 1.95 bits per heavy atom. The average molecular weight is 293 g/mol. The molecule has 5 heteroatoms. The summed E-state index contributed by atoms with van der Waals surface area (Å²) < 4.78 is 10.9. The molecule has 0 fully saturated rings. The molecule has 1 atom stereocenters. The van der Waals surface area contributed by atoms with Crippen LogP contribution in [0.4, 0.5) is 0 Å². The Morgan fingerprint density at radius 2 is 1.47 bits per heavy atom. The maximum atomic E-state index is 10.9. The maximum Gasteiger partial charge on any atom is 0.325 e. The standard InChI is InChI=1S/C14H32NO3P/c1-4-5-6-7-8-9-10-11-14(15(2)3)12-13-19(16,17)18/h14H,4-13H2,1-3H3,(H2,16,17,18). The molecule has 2 N–H and O–H groups in total. The summed E-state index contributed by atoms with van der Waals surface area (Å²) in [6, 6.07) is 0.295. The predicted octanol–water partition coefficient (Wildman–Crippen LogP) is 3.63. The van der Waals surface area contributed by atoms with E-state index in [-0.39, 0.29) is 6.16 Å². The Bertz CT molecular complexity index is 253. The summed E-state index contributed by atoms with van der Waals surface area (Å²) >= 11 is 0. The van der Waals surface area contributed by atoms with Crippen LogP contribution in [0.2, 0.25) is 0 Å². The Hall–Kier alpha value is 0.110. The second-order valence-corrected chi connectivity index (χ2v) is 7.48. The molecule has 0 saturated heterocycles. The summed E-state index contributed by atoms with van der Waals surface area (Å²) in [7, 11) is 0.140. The van der Waals surface area contributed by atoms with Crippen LogP contribution in [-0.4, -0.2) is 41.0 Å². The van der Waals surface area contributed by atoms with Crippen LogP contribution in [0.3, 0.4) is 0 Å². The molecule has 0 spiro atoms. The van der Waals surface area contributed by atoms with E-state index < -0.39 is 7.60 Å². The number of hydrogen-bond acceptors (Lipinski definition) is 2. The van der Waals surface area contributed by atoms with E-state index in [0.717, 1.165) is 12.8 Å². The molecular weight excluding hydrogens is 261 g/mol. The van der Waals surface area contributed by atoms with Gasteiger partial charge in [0.05, 0.1) is 6.16 Å². The van der Waals surface area contributed by atoms with Crippen molar-refractivity contribution in [2.45, 2.75) is 70.8 Å².